The fourth-order valence-electron chi connectivity index (χ4n) is 2.08. The number of pyridine rings is 1. The first-order chi connectivity index (χ1) is 10.2. The third-order valence-electron chi connectivity index (χ3n) is 3.59. The summed E-state index contributed by atoms with van der Waals surface area (Å²) in [5.74, 6) is 2.19. The summed E-state index contributed by atoms with van der Waals surface area (Å²) in [5, 5.41) is 3.31. The molecule has 0 bridgehead atoms. The Balaban J connectivity index is 2.04. The molecule has 0 aliphatic carbocycles. The molecule has 0 saturated carbocycles. The standard InChI is InChI=1S/C18H24N2O/c1-4-10-20-16-11-18(13-19-12-16)21-17-8-6-15(7-9-17)14(3)5-2/h6-9,11-14,20H,4-5,10H2,1-3H3. The molecule has 0 radical (unpaired) electrons. The highest BCUT2D eigenvalue weighted by molar-refractivity contribution is 5.46. The van der Waals surface area contributed by atoms with Gasteiger partial charge in [0.05, 0.1) is 18.1 Å². The first-order valence-electron chi connectivity index (χ1n) is 7.69. The van der Waals surface area contributed by atoms with Crippen molar-refractivity contribution in [2.45, 2.75) is 39.5 Å². The first kappa shape index (κ1) is 15.4. The Labute approximate surface area is 127 Å². The minimum atomic E-state index is 0.585. The molecule has 112 valence electrons. The summed E-state index contributed by atoms with van der Waals surface area (Å²) in [6.45, 7) is 7.52. The average Bonchev–Trinajstić information content (AvgIpc) is 2.53. The fourth-order valence-corrected chi connectivity index (χ4v) is 2.08. The number of nitrogens with zero attached hydrogens (tertiary/aromatic N) is 1. The molecular formula is C18H24N2O. The highest BCUT2D eigenvalue weighted by atomic mass is 16.5. The van der Waals surface area contributed by atoms with Gasteiger partial charge in [-0.15, -0.1) is 0 Å². The van der Waals surface area contributed by atoms with Gasteiger partial charge in [0, 0.05) is 12.6 Å². The number of aromatic nitrogens is 1. The minimum absolute atomic E-state index is 0.585. The summed E-state index contributed by atoms with van der Waals surface area (Å²) < 4.78 is 5.86. The van der Waals surface area contributed by atoms with Crippen molar-refractivity contribution in [3.8, 4) is 11.5 Å². The summed E-state index contributed by atoms with van der Waals surface area (Å²) in [6, 6.07) is 10.3. The monoisotopic (exact) mass is 284 g/mol. The van der Waals surface area contributed by atoms with Gasteiger partial charge in [-0.25, -0.2) is 0 Å². The van der Waals surface area contributed by atoms with Crippen molar-refractivity contribution >= 4 is 5.69 Å². The van der Waals surface area contributed by atoms with Crippen LogP contribution in [-0.4, -0.2) is 11.5 Å². The Morgan fingerprint density at radius 1 is 1.10 bits per heavy atom. The molecule has 1 aromatic heterocycles. The van der Waals surface area contributed by atoms with Crippen LogP contribution >= 0.6 is 0 Å². The molecular weight excluding hydrogens is 260 g/mol. The molecule has 0 saturated heterocycles. The molecule has 1 atom stereocenters. The molecule has 0 spiro atoms. The molecule has 0 fully saturated rings. The lowest BCUT2D eigenvalue weighted by molar-refractivity contribution is 0.480. The summed E-state index contributed by atoms with van der Waals surface area (Å²) in [7, 11) is 0. The Morgan fingerprint density at radius 3 is 2.52 bits per heavy atom. The van der Waals surface area contributed by atoms with E-state index < -0.39 is 0 Å². The maximum absolute atomic E-state index is 5.86. The van der Waals surface area contributed by atoms with Crippen LogP contribution in [0.3, 0.4) is 0 Å². The number of ether oxygens (including phenoxy) is 1. The zero-order valence-electron chi connectivity index (χ0n) is 13.1. The molecule has 21 heavy (non-hydrogen) atoms. The Morgan fingerprint density at radius 2 is 1.86 bits per heavy atom. The predicted octanol–water partition coefficient (Wildman–Crippen LogP) is 5.21. The van der Waals surface area contributed by atoms with E-state index in [0.717, 1.165) is 36.6 Å². The number of anilines is 1. The number of rotatable bonds is 7. The van der Waals surface area contributed by atoms with E-state index >= 15 is 0 Å². The van der Waals surface area contributed by atoms with Crippen LogP contribution in [-0.2, 0) is 0 Å². The minimum Gasteiger partial charge on any atom is -0.456 e. The van der Waals surface area contributed by atoms with Crippen molar-refractivity contribution in [3.05, 3.63) is 48.3 Å². The van der Waals surface area contributed by atoms with Crippen LogP contribution in [0.1, 0.15) is 45.1 Å². The highest BCUT2D eigenvalue weighted by Crippen LogP contribution is 2.26. The van der Waals surface area contributed by atoms with Crippen LogP contribution in [0.2, 0.25) is 0 Å². The van der Waals surface area contributed by atoms with Gasteiger partial charge in [0.25, 0.3) is 0 Å². The smallest absolute Gasteiger partial charge is 0.147 e. The van der Waals surface area contributed by atoms with Crippen molar-refractivity contribution in [1.29, 1.82) is 0 Å². The van der Waals surface area contributed by atoms with Crippen LogP contribution in [0.25, 0.3) is 0 Å². The van der Waals surface area contributed by atoms with E-state index in [4.69, 9.17) is 4.74 Å². The molecule has 1 aromatic carbocycles. The Kier molecular flexibility index (Phi) is 5.61. The highest BCUT2D eigenvalue weighted by Gasteiger charge is 2.04. The van der Waals surface area contributed by atoms with Gasteiger partial charge >= 0.3 is 0 Å². The van der Waals surface area contributed by atoms with Crippen LogP contribution in [0.5, 0.6) is 11.5 Å². The molecule has 1 N–H and O–H groups in total. The SMILES string of the molecule is CCCNc1cncc(Oc2ccc(C(C)CC)cc2)c1. The van der Waals surface area contributed by atoms with Crippen LogP contribution in [0, 0.1) is 0 Å². The second kappa shape index (κ2) is 7.67. The molecule has 2 aromatic rings. The van der Waals surface area contributed by atoms with Gasteiger partial charge < -0.3 is 10.1 Å². The molecule has 1 unspecified atom stereocenters. The van der Waals surface area contributed by atoms with Gasteiger partial charge in [0.1, 0.15) is 11.5 Å². The quantitative estimate of drug-likeness (QED) is 0.758. The number of hydrogen-bond acceptors (Lipinski definition) is 3. The van der Waals surface area contributed by atoms with Crippen molar-refractivity contribution in [1.82, 2.24) is 4.98 Å². The lowest BCUT2D eigenvalue weighted by Crippen LogP contribution is -2.00. The van der Waals surface area contributed by atoms with Crippen molar-refractivity contribution in [2.75, 3.05) is 11.9 Å². The predicted molar refractivity (Wildman–Crippen MR) is 88.2 cm³/mol. The Hall–Kier alpha value is -2.03. The van der Waals surface area contributed by atoms with Crippen molar-refractivity contribution in [3.63, 3.8) is 0 Å². The third kappa shape index (κ3) is 4.48. The summed E-state index contributed by atoms with van der Waals surface area (Å²) in [5.41, 5.74) is 2.34. The van der Waals surface area contributed by atoms with Gasteiger partial charge in [-0.3, -0.25) is 4.98 Å². The van der Waals surface area contributed by atoms with Gasteiger partial charge in [-0.2, -0.15) is 0 Å². The zero-order valence-corrected chi connectivity index (χ0v) is 13.1. The van der Waals surface area contributed by atoms with E-state index in [-0.39, 0.29) is 0 Å². The first-order valence-corrected chi connectivity index (χ1v) is 7.69. The van der Waals surface area contributed by atoms with E-state index in [1.807, 2.05) is 24.4 Å². The van der Waals surface area contributed by atoms with Crippen LogP contribution in [0.4, 0.5) is 5.69 Å². The zero-order chi connectivity index (χ0) is 15.1. The summed E-state index contributed by atoms with van der Waals surface area (Å²) in [6.07, 6.45) is 5.78. The van der Waals surface area contributed by atoms with Crippen molar-refractivity contribution in [2.24, 2.45) is 0 Å². The molecule has 1 heterocycles. The average molecular weight is 284 g/mol. The van der Waals surface area contributed by atoms with Crippen LogP contribution < -0.4 is 10.1 Å². The van der Waals surface area contributed by atoms with E-state index in [2.05, 4.69) is 43.2 Å². The van der Waals surface area contributed by atoms with Gasteiger partial charge in [0.2, 0.25) is 0 Å². The second-order valence-electron chi connectivity index (χ2n) is 5.32. The lowest BCUT2D eigenvalue weighted by atomic mass is 9.99. The summed E-state index contributed by atoms with van der Waals surface area (Å²) in [4.78, 5) is 4.21. The molecule has 2 rings (SSSR count). The van der Waals surface area contributed by atoms with E-state index in [0.29, 0.717) is 5.92 Å². The molecule has 0 aliphatic rings. The maximum Gasteiger partial charge on any atom is 0.147 e. The number of nitrogens with one attached hydrogen (secondary N) is 1. The second-order valence-corrected chi connectivity index (χ2v) is 5.32. The normalized spacial score (nSPS) is 12.0. The lowest BCUT2D eigenvalue weighted by Gasteiger charge is -2.11. The molecule has 3 heteroatoms. The third-order valence-corrected chi connectivity index (χ3v) is 3.59. The topological polar surface area (TPSA) is 34.2 Å². The van der Waals surface area contributed by atoms with E-state index in [1.54, 1.807) is 6.20 Å². The molecule has 0 amide bonds. The molecule has 3 nitrogen and oxygen atoms in total. The fraction of sp³-hybridized carbons (Fsp3) is 0.389. The van der Waals surface area contributed by atoms with E-state index in [9.17, 15) is 0 Å². The number of benzene rings is 1. The summed E-state index contributed by atoms with van der Waals surface area (Å²) >= 11 is 0. The van der Waals surface area contributed by atoms with Gasteiger partial charge in [0.15, 0.2) is 0 Å². The maximum atomic E-state index is 5.86. The molecule has 0 aliphatic heterocycles. The van der Waals surface area contributed by atoms with Gasteiger partial charge in [-0.1, -0.05) is 32.9 Å². The van der Waals surface area contributed by atoms with Crippen molar-refractivity contribution < 1.29 is 4.74 Å². The number of hydrogen-bond donors (Lipinski definition) is 1. The van der Waals surface area contributed by atoms with Crippen LogP contribution in [0.15, 0.2) is 42.7 Å². The Bertz CT molecular complexity index is 551. The largest absolute Gasteiger partial charge is 0.456 e. The van der Waals surface area contributed by atoms with E-state index in [1.165, 1.54) is 5.56 Å². The van der Waals surface area contributed by atoms with Gasteiger partial charge in [-0.05, 0) is 36.5 Å².